The Balaban J connectivity index is 0.00000151. The Morgan fingerprint density at radius 2 is 1.76 bits per heavy atom. The minimum Gasteiger partial charge on any atom is -0.477 e. The first-order valence-corrected chi connectivity index (χ1v) is 9.24. The number of unbranched alkanes of at least 4 members (excludes halogenated alkanes) is 2. The summed E-state index contributed by atoms with van der Waals surface area (Å²) < 4.78 is 3.63. The average Bonchev–Trinajstić information content (AvgIpc) is 3.07. The third-order valence-electron chi connectivity index (χ3n) is 4.15. The zero-order valence-electron chi connectivity index (χ0n) is 16.5. The van der Waals surface area contributed by atoms with E-state index < -0.39 is 5.97 Å². The summed E-state index contributed by atoms with van der Waals surface area (Å²) in [6.07, 6.45) is 3.83. The zero-order valence-corrected chi connectivity index (χ0v) is 16.5. The molecule has 0 aliphatic heterocycles. The molecule has 6 heteroatoms. The van der Waals surface area contributed by atoms with Crippen molar-refractivity contribution in [1.29, 1.82) is 0 Å². The number of carbonyl (C=O) groups is 1. The molecule has 0 aromatic carbocycles. The minimum atomic E-state index is -0.884. The second-order valence-corrected chi connectivity index (χ2v) is 5.99. The number of rotatable bonds is 8. The van der Waals surface area contributed by atoms with E-state index in [1.807, 2.05) is 39.3 Å². The molecule has 0 spiro atoms. The molecule has 0 unspecified atom stereocenters. The number of nitrogens with zero attached hydrogens (tertiary/aromatic N) is 4. The number of aromatic carboxylic acids is 1. The van der Waals surface area contributed by atoms with Crippen molar-refractivity contribution in [2.45, 2.75) is 80.3 Å². The smallest absolute Gasteiger partial charge is 0.354 e. The van der Waals surface area contributed by atoms with Crippen LogP contribution < -0.4 is 0 Å². The number of aromatic nitrogens is 4. The van der Waals surface area contributed by atoms with Crippen LogP contribution in [0.4, 0.5) is 0 Å². The van der Waals surface area contributed by atoms with Gasteiger partial charge in [0.15, 0.2) is 0 Å². The van der Waals surface area contributed by atoms with Crippen LogP contribution in [0.5, 0.6) is 0 Å². The van der Waals surface area contributed by atoms with Crippen molar-refractivity contribution in [3.05, 3.63) is 34.4 Å². The predicted molar refractivity (Wildman–Crippen MR) is 100 cm³/mol. The van der Waals surface area contributed by atoms with Crippen molar-refractivity contribution < 1.29 is 9.90 Å². The molecule has 0 bridgehead atoms. The highest BCUT2D eigenvalue weighted by Crippen LogP contribution is 2.18. The van der Waals surface area contributed by atoms with E-state index in [-0.39, 0.29) is 0 Å². The first-order valence-electron chi connectivity index (χ1n) is 9.24. The Hall–Kier alpha value is -2.11. The van der Waals surface area contributed by atoms with Crippen LogP contribution in [-0.4, -0.2) is 30.6 Å². The highest BCUT2D eigenvalue weighted by molar-refractivity contribution is 5.87. The Labute approximate surface area is 150 Å². The molecule has 2 aromatic heterocycles. The fraction of sp³-hybridized carbons (Fsp3) is 0.632. The number of aryl methyl sites for hydroxylation is 5. The molecule has 0 saturated carbocycles. The van der Waals surface area contributed by atoms with Crippen LogP contribution in [-0.2, 0) is 19.5 Å². The summed E-state index contributed by atoms with van der Waals surface area (Å²) in [5.41, 5.74) is 4.31. The van der Waals surface area contributed by atoms with E-state index in [1.165, 1.54) is 5.69 Å². The molecule has 2 heterocycles. The Kier molecular flexibility index (Phi) is 8.38. The van der Waals surface area contributed by atoms with Crippen molar-refractivity contribution in [1.82, 2.24) is 19.6 Å². The number of carboxylic acid groups (broad SMARTS) is 1. The molecule has 0 amide bonds. The zero-order chi connectivity index (χ0) is 19.0. The van der Waals surface area contributed by atoms with Crippen molar-refractivity contribution in [3.8, 4) is 0 Å². The first-order chi connectivity index (χ1) is 11.9. The van der Waals surface area contributed by atoms with E-state index in [4.69, 9.17) is 0 Å². The summed E-state index contributed by atoms with van der Waals surface area (Å²) in [5, 5.41) is 18.2. The Morgan fingerprint density at radius 3 is 2.28 bits per heavy atom. The molecular formula is C19H32N4O2. The summed E-state index contributed by atoms with van der Waals surface area (Å²) in [5.74, 6) is -0.884. The summed E-state index contributed by atoms with van der Waals surface area (Å²) in [6, 6.07) is 2.08. The lowest BCUT2D eigenvalue weighted by Crippen LogP contribution is -2.10. The van der Waals surface area contributed by atoms with Crippen LogP contribution >= 0.6 is 0 Å². The fourth-order valence-corrected chi connectivity index (χ4v) is 3.03. The highest BCUT2D eigenvalue weighted by Gasteiger charge is 2.19. The fourth-order valence-electron chi connectivity index (χ4n) is 3.03. The molecule has 0 saturated heterocycles. The van der Waals surface area contributed by atoms with Gasteiger partial charge in [-0.2, -0.15) is 10.2 Å². The summed E-state index contributed by atoms with van der Waals surface area (Å²) >= 11 is 0. The van der Waals surface area contributed by atoms with E-state index in [9.17, 15) is 9.90 Å². The maximum Gasteiger partial charge on any atom is 0.354 e. The molecule has 1 N–H and O–H groups in total. The van der Waals surface area contributed by atoms with Gasteiger partial charge in [0.05, 0.1) is 11.4 Å². The van der Waals surface area contributed by atoms with Gasteiger partial charge in [-0.15, -0.1) is 0 Å². The van der Waals surface area contributed by atoms with Crippen molar-refractivity contribution in [2.24, 2.45) is 0 Å². The van der Waals surface area contributed by atoms with Gasteiger partial charge in [0.1, 0.15) is 5.69 Å². The Bertz CT molecular complexity index is 686. The Morgan fingerprint density at radius 1 is 1.08 bits per heavy atom. The average molecular weight is 348 g/mol. The van der Waals surface area contributed by atoms with Crippen LogP contribution in [0.25, 0.3) is 0 Å². The van der Waals surface area contributed by atoms with Crippen LogP contribution in [0.15, 0.2) is 6.07 Å². The lowest BCUT2D eigenvalue weighted by molar-refractivity contribution is 0.0682. The van der Waals surface area contributed by atoms with Gasteiger partial charge in [0.25, 0.3) is 0 Å². The largest absolute Gasteiger partial charge is 0.477 e. The van der Waals surface area contributed by atoms with Gasteiger partial charge >= 0.3 is 5.97 Å². The molecule has 0 aliphatic carbocycles. The molecule has 0 fully saturated rings. The van der Waals surface area contributed by atoms with Gasteiger partial charge in [0.2, 0.25) is 0 Å². The van der Waals surface area contributed by atoms with Crippen LogP contribution in [0.2, 0.25) is 0 Å². The normalized spacial score (nSPS) is 10.5. The van der Waals surface area contributed by atoms with E-state index in [1.54, 1.807) is 4.68 Å². The lowest BCUT2D eigenvalue weighted by atomic mass is 10.0. The van der Waals surface area contributed by atoms with Crippen molar-refractivity contribution >= 4 is 5.97 Å². The molecular weight excluding hydrogens is 316 g/mol. The predicted octanol–water partition coefficient (Wildman–Crippen LogP) is 4.16. The second-order valence-electron chi connectivity index (χ2n) is 5.99. The number of hydrogen-bond donors (Lipinski definition) is 1. The first kappa shape index (κ1) is 20.9. The van der Waals surface area contributed by atoms with Crippen LogP contribution in [0, 0.1) is 20.8 Å². The van der Waals surface area contributed by atoms with Crippen molar-refractivity contribution in [2.75, 3.05) is 0 Å². The monoisotopic (exact) mass is 348 g/mol. The molecule has 2 aromatic rings. The minimum absolute atomic E-state index is 0.351. The molecule has 0 radical (unpaired) electrons. The number of carboxylic acids is 1. The maximum absolute atomic E-state index is 11.5. The summed E-state index contributed by atoms with van der Waals surface area (Å²) in [6.45, 7) is 13.4. The molecule has 0 aliphatic rings. The van der Waals surface area contributed by atoms with E-state index in [2.05, 4.69) is 23.2 Å². The second kappa shape index (κ2) is 10.0. The molecule has 140 valence electrons. The highest BCUT2D eigenvalue weighted by atomic mass is 16.4. The maximum atomic E-state index is 11.5. The van der Waals surface area contributed by atoms with Gasteiger partial charge < -0.3 is 5.11 Å². The van der Waals surface area contributed by atoms with Crippen LogP contribution in [0.1, 0.15) is 73.2 Å². The molecule has 25 heavy (non-hydrogen) atoms. The quantitative estimate of drug-likeness (QED) is 0.727. The summed E-state index contributed by atoms with van der Waals surface area (Å²) in [7, 11) is 0. The van der Waals surface area contributed by atoms with Gasteiger partial charge in [-0.25, -0.2) is 4.79 Å². The standard InChI is InChI=1S/C17H26N4O2.C2H6/c1-5-20-16(17(22)23)15(14(4)19-20)9-7-6-8-10-21-13(3)11-12(2)18-21;1-2/h11H,5-10H2,1-4H3,(H,22,23);1-2H3. The third-order valence-corrected chi connectivity index (χ3v) is 4.15. The van der Waals surface area contributed by atoms with Crippen LogP contribution in [0.3, 0.4) is 0 Å². The molecule has 6 nitrogen and oxygen atoms in total. The summed E-state index contributed by atoms with van der Waals surface area (Å²) in [4.78, 5) is 11.5. The van der Waals surface area contributed by atoms with E-state index >= 15 is 0 Å². The molecule has 0 atom stereocenters. The topological polar surface area (TPSA) is 72.9 Å². The van der Waals surface area contributed by atoms with Crippen molar-refractivity contribution in [3.63, 3.8) is 0 Å². The SMILES string of the molecule is CC.CCn1nc(C)c(CCCCCn2nc(C)cc2C)c1C(=O)O. The van der Waals surface area contributed by atoms with Gasteiger partial charge in [-0.05, 0) is 53.0 Å². The third kappa shape index (κ3) is 5.44. The lowest BCUT2D eigenvalue weighted by Gasteiger charge is -2.06. The van der Waals surface area contributed by atoms with Gasteiger partial charge in [-0.3, -0.25) is 9.36 Å². The number of hydrogen-bond acceptors (Lipinski definition) is 3. The van der Waals surface area contributed by atoms with E-state index in [0.29, 0.717) is 12.2 Å². The van der Waals surface area contributed by atoms with Gasteiger partial charge in [-0.1, -0.05) is 20.3 Å². The van der Waals surface area contributed by atoms with E-state index in [0.717, 1.165) is 49.2 Å². The van der Waals surface area contributed by atoms with Gasteiger partial charge in [0, 0.05) is 24.3 Å². The molecule has 2 rings (SSSR count).